The van der Waals surface area contributed by atoms with Gasteiger partial charge in [-0.3, -0.25) is 14.5 Å². The average molecular weight is 252 g/mol. The molecule has 0 saturated carbocycles. The fraction of sp³-hybridized carbons (Fsp3) is 0.750. The number of nitrogens with zero attached hydrogens (tertiary/aromatic N) is 3. The lowest BCUT2D eigenvalue weighted by atomic mass is 10.2. The molecule has 1 atom stereocenters. The smallest absolute Gasteiger partial charge is 0.237 e. The summed E-state index contributed by atoms with van der Waals surface area (Å²) >= 11 is 0. The third-order valence-corrected chi connectivity index (χ3v) is 3.24. The Hall–Kier alpha value is -1.61. The highest BCUT2D eigenvalue weighted by molar-refractivity contribution is 5.83. The summed E-state index contributed by atoms with van der Waals surface area (Å²) in [6.07, 6.45) is 2.07. The van der Waals surface area contributed by atoms with Crippen LogP contribution >= 0.6 is 0 Å². The molecule has 1 aliphatic heterocycles. The minimum absolute atomic E-state index is 0.0278. The molecule has 1 aliphatic rings. The van der Waals surface area contributed by atoms with E-state index in [2.05, 4.69) is 5.32 Å². The summed E-state index contributed by atoms with van der Waals surface area (Å²) in [7, 11) is 3.30. The molecule has 2 amide bonds. The van der Waals surface area contributed by atoms with Crippen molar-refractivity contribution < 1.29 is 9.59 Å². The number of likely N-dealkylation sites (tertiary alicyclic amines) is 1. The number of hydrogen-bond acceptors (Lipinski definition) is 4. The number of amides is 2. The molecule has 1 N–H and O–H groups in total. The standard InChI is InChI=1S/C12H20N4O2/c1-14-12(18)10-5-3-8-16(10)9-11(17)15(2)7-4-6-13/h10H,3-5,7-9H2,1-2H3,(H,14,18). The third-order valence-electron chi connectivity index (χ3n) is 3.24. The van der Waals surface area contributed by atoms with Crippen molar-refractivity contribution in [2.24, 2.45) is 0 Å². The lowest BCUT2D eigenvalue weighted by molar-refractivity contribution is -0.132. The Morgan fingerprint density at radius 3 is 2.89 bits per heavy atom. The molecule has 0 bridgehead atoms. The summed E-state index contributed by atoms with van der Waals surface area (Å²) in [5.74, 6) is -0.0685. The molecule has 1 heterocycles. The van der Waals surface area contributed by atoms with E-state index in [1.54, 1.807) is 19.0 Å². The zero-order valence-corrected chi connectivity index (χ0v) is 11.0. The molecule has 1 saturated heterocycles. The van der Waals surface area contributed by atoms with Crippen molar-refractivity contribution in [3.05, 3.63) is 0 Å². The van der Waals surface area contributed by atoms with E-state index in [0.29, 0.717) is 13.0 Å². The molecule has 6 nitrogen and oxygen atoms in total. The van der Waals surface area contributed by atoms with Crippen LogP contribution in [0.4, 0.5) is 0 Å². The van der Waals surface area contributed by atoms with Gasteiger partial charge in [0.25, 0.3) is 0 Å². The molecule has 0 aromatic heterocycles. The van der Waals surface area contributed by atoms with Crippen LogP contribution in [0.25, 0.3) is 0 Å². The number of nitrogens with one attached hydrogen (secondary N) is 1. The first-order chi connectivity index (χ1) is 8.60. The van der Waals surface area contributed by atoms with E-state index in [1.165, 1.54) is 0 Å². The number of hydrogen-bond donors (Lipinski definition) is 1. The van der Waals surface area contributed by atoms with Crippen LogP contribution in [0.2, 0.25) is 0 Å². The fourth-order valence-corrected chi connectivity index (χ4v) is 2.12. The summed E-state index contributed by atoms with van der Waals surface area (Å²) in [5, 5.41) is 11.1. The van der Waals surface area contributed by atoms with Gasteiger partial charge in [-0.15, -0.1) is 0 Å². The van der Waals surface area contributed by atoms with E-state index in [4.69, 9.17) is 5.26 Å². The SMILES string of the molecule is CNC(=O)C1CCCN1CC(=O)N(C)CCC#N. The lowest BCUT2D eigenvalue weighted by Gasteiger charge is -2.25. The van der Waals surface area contributed by atoms with E-state index in [9.17, 15) is 9.59 Å². The highest BCUT2D eigenvalue weighted by Gasteiger charge is 2.31. The normalized spacial score (nSPS) is 19.3. The molecule has 100 valence electrons. The maximum absolute atomic E-state index is 11.9. The van der Waals surface area contributed by atoms with Gasteiger partial charge in [0.2, 0.25) is 11.8 Å². The van der Waals surface area contributed by atoms with Crippen molar-refractivity contribution >= 4 is 11.8 Å². The van der Waals surface area contributed by atoms with Crippen LogP contribution in [0.5, 0.6) is 0 Å². The highest BCUT2D eigenvalue weighted by Crippen LogP contribution is 2.17. The highest BCUT2D eigenvalue weighted by atomic mass is 16.2. The Morgan fingerprint density at radius 1 is 1.56 bits per heavy atom. The zero-order chi connectivity index (χ0) is 13.5. The van der Waals surface area contributed by atoms with E-state index < -0.39 is 0 Å². The number of carbonyl (C=O) groups excluding carboxylic acids is 2. The van der Waals surface area contributed by atoms with Gasteiger partial charge in [0.1, 0.15) is 0 Å². The predicted octanol–water partition coefficient (Wildman–Crippen LogP) is -0.431. The first-order valence-electron chi connectivity index (χ1n) is 6.16. The molecule has 18 heavy (non-hydrogen) atoms. The van der Waals surface area contributed by atoms with E-state index >= 15 is 0 Å². The van der Waals surface area contributed by atoms with Gasteiger partial charge < -0.3 is 10.2 Å². The monoisotopic (exact) mass is 252 g/mol. The largest absolute Gasteiger partial charge is 0.358 e. The van der Waals surface area contributed by atoms with Gasteiger partial charge in [0, 0.05) is 20.6 Å². The maximum atomic E-state index is 11.9. The van der Waals surface area contributed by atoms with Crippen LogP contribution in [0.1, 0.15) is 19.3 Å². The summed E-state index contributed by atoms with van der Waals surface area (Å²) in [4.78, 5) is 27.0. The Morgan fingerprint density at radius 2 is 2.28 bits per heavy atom. The first-order valence-corrected chi connectivity index (χ1v) is 6.16. The molecule has 0 aliphatic carbocycles. The van der Waals surface area contributed by atoms with Gasteiger partial charge in [-0.05, 0) is 19.4 Å². The summed E-state index contributed by atoms with van der Waals surface area (Å²) in [5.41, 5.74) is 0. The topological polar surface area (TPSA) is 76.4 Å². The molecule has 1 rings (SSSR count). The van der Waals surface area contributed by atoms with Crippen molar-refractivity contribution in [2.45, 2.75) is 25.3 Å². The lowest BCUT2D eigenvalue weighted by Crippen LogP contribution is -2.46. The minimum Gasteiger partial charge on any atom is -0.358 e. The van der Waals surface area contributed by atoms with Crippen LogP contribution in [0.3, 0.4) is 0 Å². The van der Waals surface area contributed by atoms with Crippen LogP contribution in [0.15, 0.2) is 0 Å². The van der Waals surface area contributed by atoms with Crippen molar-refractivity contribution in [3.8, 4) is 6.07 Å². The molecular weight excluding hydrogens is 232 g/mol. The molecule has 1 unspecified atom stereocenters. The Bertz CT molecular complexity index is 350. The van der Waals surface area contributed by atoms with Gasteiger partial charge in [-0.25, -0.2) is 0 Å². The minimum atomic E-state index is -0.191. The second-order valence-corrected chi connectivity index (χ2v) is 4.47. The maximum Gasteiger partial charge on any atom is 0.237 e. The molecule has 1 fully saturated rings. The van der Waals surface area contributed by atoms with Crippen LogP contribution in [-0.4, -0.2) is 61.4 Å². The Kier molecular flexibility index (Phi) is 5.59. The molecule has 6 heteroatoms. The quantitative estimate of drug-likeness (QED) is 0.720. The number of rotatable bonds is 5. The van der Waals surface area contributed by atoms with E-state index in [0.717, 1.165) is 19.4 Å². The summed E-state index contributed by atoms with van der Waals surface area (Å²) < 4.78 is 0. The van der Waals surface area contributed by atoms with E-state index in [-0.39, 0.29) is 24.4 Å². The Labute approximate surface area is 108 Å². The van der Waals surface area contributed by atoms with Gasteiger partial charge >= 0.3 is 0 Å². The number of likely N-dealkylation sites (N-methyl/N-ethyl adjacent to an activating group) is 2. The first kappa shape index (κ1) is 14.5. The summed E-state index contributed by atoms with van der Waals surface area (Å²) in [6, 6.07) is 1.82. The second kappa shape index (κ2) is 6.97. The predicted molar refractivity (Wildman–Crippen MR) is 66.5 cm³/mol. The van der Waals surface area contributed by atoms with Crippen molar-refractivity contribution in [1.82, 2.24) is 15.1 Å². The molecule has 0 aromatic rings. The van der Waals surface area contributed by atoms with Crippen LogP contribution in [-0.2, 0) is 9.59 Å². The number of carbonyl (C=O) groups is 2. The van der Waals surface area contributed by atoms with Gasteiger partial charge in [-0.2, -0.15) is 5.26 Å². The van der Waals surface area contributed by atoms with E-state index in [1.807, 2.05) is 11.0 Å². The van der Waals surface area contributed by atoms with Gasteiger partial charge in [0.05, 0.1) is 25.1 Å². The fourth-order valence-electron chi connectivity index (χ4n) is 2.12. The Balaban J connectivity index is 2.48. The molecule has 0 aromatic carbocycles. The van der Waals surface area contributed by atoms with Crippen molar-refractivity contribution in [2.75, 3.05) is 33.7 Å². The number of nitriles is 1. The van der Waals surface area contributed by atoms with Crippen molar-refractivity contribution in [1.29, 1.82) is 5.26 Å². The van der Waals surface area contributed by atoms with Gasteiger partial charge in [-0.1, -0.05) is 0 Å². The van der Waals surface area contributed by atoms with Crippen LogP contribution in [0, 0.1) is 11.3 Å². The zero-order valence-electron chi connectivity index (χ0n) is 11.0. The average Bonchev–Trinajstić information content (AvgIpc) is 2.82. The van der Waals surface area contributed by atoms with Crippen molar-refractivity contribution in [3.63, 3.8) is 0 Å². The molecule has 0 spiro atoms. The summed E-state index contributed by atoms with van der Waals surface area (Å²) in [6.45, 7) is 1.46. The van der Waals surface area contributed by atoms with Crippen LogP contribution < -0.4 is 5.32 Å². The molecule has 0 radical (unpaired) electrons. The molecular formula is C12H20N4O2. The van der Waals surface area contributed by atoms with Gasteiger partial charge in [0.15, 0.2) is 0 Å². The third kappa shape index (κ3) is 3.70. The second-order valence-electron chi connectivity index (χ2n) is 4.47.